The second-order valence-electron chi connectivity index (χ2n) is 6.02. The Morgan fingerprint density at radius 2 is 1.89 bits per heavy atom. The van der Waals surface area contributed by atoms with E-state index in [0.717, 1.165) is 33.5 Å². The van der Waals surface area contributed by atoms with Crippen LogP contribution < -0.4 is 5.32 Å². The van der Waals surface area contributed by atoms with E-state index in [0.29, 0.717) is 0 Å². The average molecular weight is 445 g/mol. The van der Waals surface area contributed by atoms with Crippen molar-refractivity contribution in [3.63, 3.8) is 0 Å². The summed E-state index contributed by atoms with van der Waals surface area (Å²) in [6, 6.07) is 10.7. The second kappa shape index (κ2) is 7.50. The summed E-state index contributed by atoms with van der Waals surface area (Å²) in [5.74, 6) is -0.939. The number of aromatic carboxylic acids is 1. The van der Waals surface area contributed by atoms with Crippen molar-refractivity contribution in [1.82, 2.24) is 14.4 Å². The van der Waals surface area contributed by atoms with Gasteiger partial charge in [-0.1, -0.05) is 0 Å². The fourth-order valence-corrected chi connectivity index (χ4v) is 3.55. The maximum atomic E-state index is 10.9. The van der Waals surface area contributed by atoms with Crippen molar-refractivity contribution in [2.24, 2.45) is 0 Å². The van der Waals surface area contributed by atoms with Gasteiger partial charge in [-0.2, -0.15) is 0 Å². The number of aryl methyl sites for hydroxylation is 2. The van der Waals surface area contributed by atoms with E-state index in [1.54, 1.807) is 24.3 Å². The van der Waals surface area contributed by atoms with Crippen molar-refractivity contribution in [3.8, 4) is 11.4 Å². The number of carboxylic acid groups (broad SMARTS) is 1. The molecule has 0 atom stereocenters. The van der Waals surface area contributed by atoms with Gasteiger partial charge in [0.15, 0.2) is 5.13 Å². The fourth-order valence-electron chi connectivity index (χ4n) is 2.83. The maximum Gasteiger partial charge on any atom is 0.335 e. The van der Waals surface area contributed by atoms with E-state index in [2.05, 4.69) is 15.3 Å². The Morgan fingerprint density at radius 1 is 1.15 bits per heavy atom. The minimum Gasteiger partial charge on any atom is -0.478 e. The molecule has 4 aromatic rings. The van der Waals surface area contributed by atoms with E-state index in [9.17, 15) is 4.79 Å². The molecule has 27 heavy (non-hydrogen) atoms. The van der Waals surface area contributed by atoms with Gasteiger partial charge >= 0.3 is 5.97 Å². The lowest BCUT2D eigenvalue weighted by Crippen LogP contribution is -1.96. The Balaban J connectivity index is 0.00000210. The van der Waals surface area contributed by atoms with Crippen molar-refractivity contribution in [3.05, 3.63) is 64.8 Å². The van der Waals surface area contributed by atoms with Gasteiger partial charge in [0.1, 0.15) is 11.3 Å². The van der Waals surface area contributed by atoms with Gasteiger partial charge < -0.3 is 10.4 Å². The number of carboxylic acids is 1. The molecule has 0 spiro atoms. The third kappa shape index (κ3) is 3.72. The molecular formula is C19H17BrN4O2S. The number of carbonyl (C=O) groups is 1. The highest BCUT2D eigenvalue weighted by Gasteiger charge is 2.14. The van der Waals surface area contributed by atoms with Gasteiger partial charge in [-0.05, 0) is 55.8 Å². The standard InChI is InChI=1S/C19H16N4O2S.BrH/c1-11-7-8-23-16(9-11)20-12(2)17(23)15-10-26-19(22-15)21-14-5-3-13(4-6-14)18(24)25;/h3-10H,1-2H3,(H,21,22)(H,24,25);1H. The number of benzene rings is 1. The Bertz CT molecular complexity index is 1120. The highest BCUT2D eigenvalue weighted by atomic mass is 79.9. The molecule has 0 radical (unpaired) electrons. The summed E-state index contributed by atoms with van der Waals surface area (Å²) < 4.78 is 2.04. The van der Waals surface area contributed by atoms with Crippen molar-refractivity contribution >= 4 is 50.8 Å². The number of nitrogens with zero attached hydrogens (tertiary/aromatic N) is 3. The van der Waals surface area contributed by atoms with Gasteiger partial charge in [-0.3, -0.25) is 4.40 Å². The summed E-state index contributed by atoms with van der Waals surface area (Å²) in [7, 11) is 0. The topological polar surface area (TPSA) is 79.5 Å². The van der Waals surface area contributed by atoms with E-state index in [1.165, 1.54) is 16.9 Å². The third-order valence-electron chi connectivity index (χ3n) is 4.09. The molecule has 3 aromatic heterocycles. The van der Waals surface area contributed by atoms with Crippen LogP contribution in [0, 0.1) is 13.8 Å². The van der Waals surface area contributed by atoms with Crippen LogP contribution in [0.25, 0.3) is 17.0 Å². The monoisotopic (exact) mass is 444 g/mol. The molecular weight excluding hydrogens is 428 g/mol. The van der Waals surface area contributed by atoms with Gasteiger partial charge in [0.05, 0.1) is 17.0 Å². The molecule has 6 nitrogen and oxygen atoms in total. The molecule has 2 N–H and O–H groups in total. The largest absolute Gasteiger partial charge is 0.478 e. The molecule has 0 bridgehead atoms. The van der Waals surface area contributed by atoms with E-state index in [-0.39, 0.29) is 22.5 Å². The summed E-state index contributed by atoms with van der Waals surface area (Å²) in [6.07, 6.45) is 2.01. The Morgan fingerprint density at radius 3 is 2.59 bits per heavy atom. The molecule has 0 aliphatic heterocycles. The predicted molar refractivity (Wildman–Crippen MR) is 113 cm³/mol. The fraction of sp³-hybridized carbons (Fsp3) is 0.105. The van der Waals surface area contributed by atoms with Gasteiger partial charge in [-0.15, -0.1) is 28.3 Å². The van der Waals surface area contributed by atoms with Gasteiger partial charge in [-0.25, -0.2) is 14.8 Å². The molecule has 0 saturated heterocycles. The highest BCUT2D eigenvalue weighted by Crippen LogP contribution is 2.30. The SMILES string of the molecule is Br.Cc1ccn2c(-c3csc(Nc4ccc(C(=O)O)cc4)n3)c(C)nc2c1. The Hall–Kier alpha value is -2.71. The lowest BCUT2D eigenvalue weighted by atomic mass is 10.2. The quantitative estimate of drug-likeness (QED) is 0.457. The summed E-state index contributed by atoms with van der Waals surface area (Å²) in [5, 5.41) is 14.9. The molecule has 0 fully saturated rings. The number of nitrogens with one attached hydrogen (secondary N) is 1. The minimum absolute atomic E-state index is 0. The number of anilines is 2. The van der Waals surface area contributed by atoms with Crippen molar-refractivity contribution in [2.75, 3.05) is 5.32 Å². The lowest BCUT2D eigenvalue weighted by molar-refractivity contribution is 0.0697. The molecule has 0 aliphatic carbocycles. The molecule has 0 saturated carbocycles. The first-order chi connectivity index (χ1) is 12.5. The minimum atomic E-state index is -0.939. The number of halogens is 1. The van der Waals surface area contributed by atoms with Crippen LogP contribution in [0.5, 0.6) is 0 Å². The number of imidazole rings is 1. The molecule has 3 heterocycles. The van der Waals surface area contributed by atoms with Crippen LogP contribution in [0.4, 0.5) is 10.8 Å². The number of hydrogen-bond donors (Lipinski definition) is 2. The first-order valence-corrected chi connectivity index (χ1v) is 8.91. The highest BCUT2D eigenvalue weighted by molar-refractivity contribution is 8.93. The van der Waals surface area contributed by atoms with Gasteiger partial charge in [0, 0.05) is 17.3 Å². The van der Waals surface area contributed by atoms with E-state index >= 15 is 0 Å². The maximum absolute atomic E-state index is 10.9. The Labute approximate surface area is 170 Å². The third-order valence-corrected chi connectivity index (χ3v) is 4.84. The molecule has 0 amide bonds. The van der Waals surface area contributed by atoms with Crippen molar-refractivity contribution in [1.29, 1.82) is 0 Å². The number of rotatable bonds is 4. The molecule has 0 unspecified atom stereocenters. The molecule has 138 valence electrons. The lowest BCUT2D eigenvalue weighted by Gasteiger charge is -2.03. The second-order valence-corrected chi connectivity index (χ2v) is 6.88. The number of pyridine rings is 1. The van der Waals surface area contributed by atoms with Crippen LogP contribution in [0.15, 0.2) is 48.0 Å². The van der Waals surface area contributed by atoms with E-state index in [4.69, 9.17) is 5.11 Å². The zero-order valence-corrected chi connectivity index (χ0v) is 17.2. The first-order valence-electron chi connectivity index (χ1n) is 8.03. The zero-order chi connectivity index (χ0) is 18.3. The number of hydrogen-bond acceptors (Lipinski definition) is 5. The van der Waals surface area contributed by atoms with Gasteiger partial charge in [0.2, 0.25) is 0 Å². The smallest absolute Gasteiger partial charge is 0.335 e. The van der Waals surface area contributed by atoms with Crippen LogP contribution in [0.1, 0.15) is 21.6 Å². The summed E-state index contributed by atoms with van der Waals surface area (Å²) in [4.78, 5) is 20.2. The zero-order valence-electron chi connectivity index (χ0n) is 14.6. The van der Waals surface area contributed by atoms with Gasteiger partial charge in [0.25, 0.3) is 0 Å². The molecule has 1 aromatic carbocycles. The summed E-state index contributed by atoms with van der Waals surface area (Å²) >= 11 is 1.49. The summed E-state index contributed by atoms with van der Waals surface area (Å²) in [6.45, 7) is 4.03. The van der Waals surface area contributed by atoms with E-state index < -0.39 is 5.97 Å². The predicted octanol–water partition coefficient (Wildman–Crippen LogP) is 5.09. The summed E-state index contributed by atoms with van der Waals surface area (Å²) in [5.41, 5.74) is 5.88. The van der Waals surface area contributed by atoms with Crippen molar-refractivity contribution in [2.45, 2.75) is 13.8 Å². The molecule has 0 aliphatic rings. The first kappa shape index (κ1) is 19.1. The molecule has 8 heteroatoms. The number of fused-ring (bicyclic) bond motifs is 1. The number of aromatic nitrogens is 3. The average Bonchev–Trinajstić information content (AvgIpc) is 3.18. The van der Waals surface area contributed by atoms with E-state index in [1.807, 2.05) is 42.0 Å². The van der Waals surface area contributed by atoms with Crippen LogP contribution in [0.2, 0.25) is 0 Å². The van der Waals surface area contributed by atoms with Crippen LogP contribution in [0.3, 0.4) is 0 Å². The van der Waals surface area contributed by atoms with Crippen LogP contribution in [-0.4, -0.2) is 25.4 Å². The Kier molecular flexibility index (Phi) is 5.29. The normalized spacial score (nSPS) is 10.6. The molecule has 4 rings (SSSR count). The number of thiazole rings is 1. The van der Waals surface area contributed by atoms with Crippen LogP contribution >= 0.6 is 28.3 Å². The van der Waals surface area contributed by atoms with Crippen LogP contribution in [-0.2, 0) is 0 Å². The van der Waals surface area contributed by atoms with Crippen molar-refractivity contribution < 1.29 is 9.90 Å².